The van der Waals surface area contributed by atoms with E-state index in [0.717, 1.165) is 44.4 Å². The van der Waals surface area contributed by atoms with Crippen molar-refractivity contribution >= 4 is 17.5 Å². The van der Waals surface area contributed by atoms with Gasteiger partial charge in [0, 0.05) is 76.7 Å². The maximum atomic E-state index is 12.8. The summed E-state index contributed by atoms with van der Waals surface area (Å²) in [5.74, 6) is 2.14. The van der Waals surface area contributed by atoms with Crippen LogP contribution >= 0.6 is 0 Å². The monoisotopic (exact) mass is 427 g/mol. The molecule has 0 atom stereocenters. The van der Waals surface area contributed by atoms with E-state index in [1.54, 1.807) is 25.4 Å². The Hall–Kier alpha value is -2.98. The first-order chi connectivity index (χ1) is 15.2. The molecule has 2 fully saturated rings. The van der Waals surface area contributed by atoms with Crippen molar-refractivity contribution in [3.63, 3.8) is 0 Å². The second-order valence-electron chi connectivity index (χ2n) is 7.67. The number of carbonyl (C=O) groups excluding carboxylic acids is 1. The predicted molar refractivity (Wildman–Crippen MR) is 117 cm³/mol. The molecule has 4 heterocycles. The number of hydrogen-bond donors (Lipinski definition) is 1. The van der Waals surface area contributed by atoms with Crippen LogP contribution in [0, 0.1) is 0 Å². The number of anilines is 2. The Balaban J connectivity index is 1.30. The molecule has 0 radical (unpaired) electrons. The third kappa shape index (κ3) is 5.02. The Morgan fingerprint density at radius 2 is 1.58 bits per heavy atom. The van der Waals surface area contributed by atoms with E-state index in [0.29, 0.717) is 37.6 Å². The highest BCUT2D eigenvalue weighted by Gasteiger charge is 2.24. The highest BCUT2D eigenvalue weighted by molar-refractivity contribution is 5.94. The van der Waals surface area contributed by atoms with E-state index in [9.17, 15) is 4.79 Å². The maximum absolute atomic E-state index is 12.8. The van der Waals surface area contributed by atoms with Gasteiger partial charge < -0.3 is 24.5 Å². The SMILES string of the molecule is COc1cc(C(=O)N2CCN(c3ccc(N4CCN(CCO)CC4)nn3)CC2)ccn1. The highest BCUT2D eigenvalue weighted by atomic mass is 16.5. The number of methoxy groups -OCH3 is 1. The summed E-state index contributed by atoms with van der Waals surface area (Å²) in [5, 5.41) is 17.9. The van der Waals surface area contributed by atoms with Gasteiger partial charge in [-0.2, -0.15) is 0 Å². The maximum Gasteiger partial charge on any atom is 0.254 e. The molecule has 2 aromatic rings. The topological polar surface area (TPSA) is 98.2 Å². The van der Waals surface area contributed by atoms with E-state index in [-0.39, 0.29) is 12.5 Å². The lowest BCUT2D eigenvalue weighted by Crippen LogP contribution is -2.49. The zero-order valence-corrected chi connectivity index (χ0v) is 17.9. The molecule has 10 nitrogen and oxygen atoms in total. The Kier molecular flexibility index (Phi) is 6.78. The lowest BCUT2D eigenvalue weighted by Gasteiger charge is -2.36. The Bertz CT molecular complexity index is 864. The number of nitrogens with zero attached hydrogens (tertiary/aromatic N) is 7. The average Bonchev–Trinajstić information content (AvgIpc) is 2.84. The first-order valence-electron chi connectivity index (χ1n) is 10.6. The highest BCUT2D eigenvalue weighted by Crippen LogP contribution is 2.19. The molecule has 1 amide bonds. The van der Waals surface area contributed by atoms with Gasteiger partial charge in [0.15, 0.2) is 11.6 Å². The molecule has 166 valence electrons. The smallest absolute Gasteiger partial charge is 0.254 e. The van der Waals surface area contributed by atoms with Gasteiger partial charge in [0.05, 0.1) is 13.7 Å². The van der Waals surface area contributed by atoms with Crippen molar-refractivity contribution < 1.29 is 14.6 Å². The Morgan fingerprint density at radius 3 is 2.13 bits per heavy atom. The van der Waals surface area contributed by atoms with Crippen LogP contribution in [0.15, 0.2) is 30.5 Å². The van der Waals surface area contributed by atoms with Crippen LogP contribution in [0.2, 0.25) is 0 Å². The van der Waals surface area contributed by atoms with E-state index < -0.39 is 0 Å². The minimum atomic E-state index is -0.0119. The van der Waals surface area contributed by atoms with E-state index in [2.05, 4.69) is 29.9 Å². The number of aromatic nitrogens is 3. The molecule has 0 spiro atoms. The summed E-state index contributed by atoms with van der Waals surface area (Å²) < 4.78 is 5.12. The van der Waals surface area contributed by atoms with Gasteiger partial charge in [0.1, 0.15) is 0 Å². The lowest BCUT2D eigenvalue weighted by molar-refractivity contribution is 0.0746. The minimum absolute atomic E-state index is 0.0119. The summed E-state index contributed by atoms with van der Waals surface area (Å²) in [6.07, 6.45) is 1.59. The molecule has 0 aromatic carbocycles. The fourth-order valence-electron chi connectivity index (χ4n) is 3.97. The van der Waals surface area contributed by atoms with Crippen molar-refractivity contribution in [3.05, 3.63) is 36.0 Å². The van der Waals surface area contributed by atoms with Crippen LogP contribution in [0.3, 0.4) is 0 Å². The Morgan fingerprint density at radius 1 is 0.968 bits per heavy atom. The second-order valence-corrected chi connectivity index (χ2v) is 7.67. The summed E-state index contributed by atoms with van der Waals surface area (Å²) in [6.45, 7) is 7.20. The molecule has 31 heavy (non-hydrogen) atoms. The number of carbonyl (C=O) groups is 1. The van der Waals surface area contributed by atoms with Crippen molar-refractivity contribution in [1.82, 2.24) is 25.0 Å². The summed E-state index contributed by atoms with van der Waals surface area (Å²) in [6, 6.07) is 7.41. The molecule has 4 rings (SSSR count). The quantitative estimate of drug-likeness (QED) is 0.681. The number of aliphatic hydroxyl groups excluding tert-OH is 1. The molecule has 1 N–H and O–H groups in total. The fourth-order valence-corrected chi connectivity index (χ4v) is 3.97. The van der Waals surface area contributed by atoms with E-state index >= 15 is 0 Å². The van der Waals surface area contributed by atoms with Crippen molar-refractivity contribution in [1.29, 1.82) is 0 Å². The normalized spacial score (nSPS) is 17.7. The first-order valence-corrected chi connectivity index (χ1v) is 10.6. The number of piperazine rings is 2. The molecule has 2 aromatic heterocycles. The molecule has 0 aliphatic carbocycles. The summed E-state index contributed by atoms with van der Waals surface area (Å²) >= 11 is 0. The van der Waals surface area contributed by atoms with Crippen LogP contribution in [0.4, 0.5) is 11.6 Å². The summed E-state index contributed by atoms with van der Waals surface area (Å²) in [7, 11) is 1.54. The summed E-state index contributed by atoms with van der Waals surface area (Å²) in [4.78, 5) is 25.3. The number of rotatable bonds is 6. The molecule has 10 heteroatoms. The number of β-amino-alcohol motifs (C(OH)–C–C–N with tert-alkyl or cyclic N) is 1. The van der Waals surface area contributed by atoms with Gasteiger partial charge in [-0.3, -0.25) is 9.69 Å². The van der Waals surface area contributed by atoms with Crippen LogP contribution in [0.1, 0.15) is 10.4 Å². The number of pyridine rings is 1. The van der Waals surface area contributed by atoms with Crippen LogP contribution in [0.25, 0.3) is 0 Å². The van der Waals surface area contributed by atoms with E-state index in [1.165, 1.54) is 0 Å². The molecule has 0 saturated carbocycles. The molecule has 2 aliphatic heterocycles. The van der Waals surface area contributed by atoms with Crippen molar-refractivity contribution in [3.8, 4) is 5.88 Å². The molecular weight excluding hydrogens is 398 g/mol. The third-order valence-corrected chi connectivity index (χ3v) is 5.83. The van der Waals surface area contributed by atoms with Gasteiger partial charge in [-0.1, -0.05) is 0 Å². The van der Waals surface area contributed by atoms with Gasteiger partial charge in [0.2, 0.25) is 5.88 Å². The summed E-state index contributed by atoms with van der Waals surface area (Å²) in [5.41, 5.74) is 0.587. The minimum Gasteiger partial charge on any atom is -0.481 e. The van der Waals surface area contributed by atoms with Crippen molar-refractivity contribution in [2.45, 2.75) is 0 Å². The molecule has 2 saturated heterocycles. The molecule has 0 bridgehead atoms. The number of hydrogen-bond acceptors (Lipinski definition) is 9. The first kappa shape index (κ1) is 21.3. The second kappa shape index (κ2) is 9.88. The molecular formula is C21H29N7O3. The Labute approximate surface area is 182 Å². The average molecular weight is 428 g/mol. The van der Waals surface area contributed by atoms with Crippen LogP contribution in [-0.4, -0.2) is 109 Å². The van der Waals surface area contributed by atoms with Gasteiger partial charge in [-0.25, -0.2) is 4.98 Å². The lowest BCUT2D eigenvalue weighted by atomic mass is 10.2. The van der Waals surface area contributed by atoms with Crippen molar-refractivity contribution in [2.75, 3.05) is 82.4 Å². The third-order valence-electron chi connectivity index (χ3n) is 5.83. The van der Waals surface area contributed by atoms with Gasteiger partial charge in [-0.15, -0.1) is 10.2 Å². The van der Waals surface area contributed by atoms with Crippen LogP contribution in [0.5, 0.6) is 5.88 Å². The van der Waals surface area contributed by atoms with Crippen LogP contribution in [-0.2, 0) is 0 Å². The zero-order valence-electron chi connectivity index (χ0n) is 17.9. The van der Waals surface area contributed by atoms with E-state index in [1.807, 2.05) is 17.0 Å². The number of aliphatic hydroxyl groups is 1. The van der Waals surface area contributed by atoms with Gasteiger partial charge in [-0.05, 0) is 18.2 Å². The fraction of sp³-hybridized carbons (Fsp3) is 0.524. The van der Waals surface area contributed by atoms with Gasteiger partial charge >= 0.3 is 0 Å². The molecule has 2 aliphatic rings. The van der Waals surface area contributed by atoms with E-state index in [4.69, 9.17) is 9.84 Å². The predicted octanol–water partition coefficient (Wildman–Crippen LogP) is -0.0431. The largest absolute Gasteiger partial charge is 0.481 e. The number of amides is 1. The number of ether oxygens (including phenoxy) is 1. The van der Waals surface area contributed by atoms with Gasteiger partial charge in [0.25, 0.3) is 5.91 Å². The standard InChI is InChI=1S/C21H29N7O3/c1-31-20-16-17(4-5-22-20)21(30)28-12-10-27(11-13-28)19-3-2-18(23-24-19)26-8-6-25(7-9-26)14-15-29/h2-5,16,29H,6-15H2,1H3. The zero-order chi connectivity index (χ0) is 21.6. The van der Waals surface area contributed by atoms with Crippen molar-refractivity contribution in [2.24, 2.45) is 0 Å². The molecule has 0 unspecified atom stereocenters. The van der Waals surface area contributed by atoms with Crippen LogP contribution < -0.4 is 14.5 Å².